The molecule has 1 rings (SSSR count). The maximum atomic E-state index is 11.4. The van der Waals surface area contributed by atoms with E-state index in [9.17, 15) is 9.59 Å². The van der Waals surface area contributed by atoms with Crippen molar-refractivity contribution < 1.29 is 9.59 Å². The van der Waals surface area contributed by atoms with E-state index in [4.69, 9.17) is 5.73 Å². The van der Waals surface area contributed by atoms with Crippen molar-refractivity contribution in [2.24, 2.45) is 5.73 Å². The van der Waals surface area contributed by atoms with Crippen molar-refractivity contribution >= 4 is 40.4 Å². The number of nitrogens with one attached hydrogen (secondary N) is 2. The molecule has 2 amide bonds. The highest BCUT2D eigenvalue weighted by atomic mass is 32.1. The lowest BCUT2D eigenvalue weighted by atomic mass is 10.2. The molecule has 1 aromatic heterocycles. The fourth-order valence-electron chi connectivity index (χ4n) is 1.14. The zero-order valence-corrected chi connectivity index (χ0v) is 11.4. The minimum absolute atomic E-state index is 0.0175. The van der Waals surface area contributed by atoms with Gasteiger partial charge < -0.3 is 16.4 Å². The van der Waals surface area contributed by atoms with Gasteiger partial charge in [-0.2, -0.15) is 0 Å². The number of thiocarbonyl (C=S) groups is 1. The summed E-state index contributed by atoms with van der Waals surface area (Å²) in [7, 11) is 0. The summed E-state index contributed by atoms with van der Waals surface area (Å²) in [6.07, 6.45) is 1.70. The number of aromatic nitrogens is 1. The Morgan fingerprint density at radius 1 is 1.50 bits per heavy atom. The van der Waals surface area contributed by atoms with Gasteiger partial charge in [-0.3, -0.25) is 9.59 Å². The number of rotatable bonds is 5. The zero-order valence-electron chi connectivity index (χ0n) is 9.80. The van der Waals surface area contributed by atoms with E-state index in [-0.39, 0.29) is 17.5 Å². The third kappa shape index (κ3) is 4.76. The smallest absolute Gasteiger partial charge is 0.309 e. The number of nitrogens with zero attached hydrogens (tertiary/aromatic N) is 1. The minimum Gasteiger partial charge on any atom is -0.392 e. The highest BCUT2D eigenvalue weighted by molar-refractivity contribution is 7.80. The third-order valence-corrected chi connectivity index (χ3v) is 3.22. The summed E-state index contributed by atoms with van der Waals surface area (Å²) in [4.78, 5) is 27.0. The van der Waals surface area contributed by atoms with Gasteiger partial charge >= 0.3 is 11.8 Å². The molecule has 0 bridgehead atoms. The first kappa shape index (κ1) is 14.5. The summed E-state index contributed by atoms with van der Waals surface area (Å²) in [6, 6.07) is 0. The van der Waals surface area contributed by atoms with Gasteiger partial charge in [-0.15, -0.1) is 11.3 Å². The first-order valence-corrected chi connectivity index (χ1v) is 6.53. The zero-order chi connectivity index (χ0) is 13.5. The fourth-order valence-corrected chi connectivity index (χ4v) is 1.91. The largest absolute Gasteiger partial charge is 0.392 e. The van der Waals surface area contributed by atoms with Crippen LogP contribution in [0.25, 0.3) is 0 Å². The minimum atomic E-state index is -0.742. The first-order chi connectivity index (χ1) is 8.50. The molecular weight excluding hydrogens is 272 g/mol. The molecule has 1 atom stereocenters. The van der Waals surface area contributed by atoms with Crippen LogP contribution in [-0.4, -0.2) is 34.9 Å². The predicted molar refractivity (Wildman–Crippen MR) is 73.3 cm³/mol. The summed E-state index contributed by atoms with van der Waals surface area (Å²) >= 11 is 6.09. The molecule has 0 aromatic carbocycles. The van der Waals surface area contributed by atoms with E-state index in [0.717, 1.165) is 5.01 Å². The van der Waals surface area contributed by atoms with E-state index in [0.29, 0.717) is 6.54 Å². The number of hydrogen-bond donors (Lipinski definition) is 3. The van der Waals surface area contributed by atoms with Crippen LogP contribution in [0, 0.1) is 0 Å². The van der Waals surface area contributed by atoms with Crippen LogP contribution in [-0.2, 0) is 9.59 Å². The number of carbonyl (C=O) groups is 2. The number of carbonyl (C=O) groups excluding carboxylic acids is 2. The molecule has 18 heavy (non-hydrogen) atoms. The van der Waals surface area contributed by atoms with Gasteiger partial charge in [0.25, 0.3) is 0 Å². The van der Waals surface area contributed by atoms with Gasteiger partial charge in [-0.1, -0.05) is 19.1 Å². The molecule has 0 saturated heterocycles. The third-order valence-electron chi connectivity index (χ3n) is 2.07. The van der Waals surface area contributed by atoms with Crippen LogP contribution >= 0.6 is 23.6 Å². The second-order valence-corrected chi connectivity index (χ2v) is 5.08. The van der Waals surface area contributed by atoms with Gasteiger partial charge in [0, 0.05) is 24.0 Å². The summed E-state index contributed by atoms with van der Waals surface area (Å²) < 4.78 is 0. The van der Waals surface area contributed by atoms with Crippen LogP contribution in [0.3, 0.4) is 0 Å². The lowest BCUT2D eigenvalue weighted by Gasteiger charge is -2.09. The second-order valence-electron chi connectivity index (χ2n) is 3.63. The quantitative estimate of drug-likeness (QED) is 0.513. The SMILES string of the molecule is CC(CNC(=O)C(=O)NCC(N)=S)c1nccs1. The summed E-state index contributed by atoms with van der Waals surface area (Å²) in [6.45, 7) is 2.29. The molecule has 4 N–H and O–H groups in total. The standard InChI is InChI=1S/C10H14N4O2S2/c1-6(10-12-2-3-18-10)4-13-8(15)9(16)14-5-7(11)17/h2-3,6H,4-5H2,1H3,(H2,11,17)(H,13,15)(H,14,16). The molecule has 0 radical (unpaired) electrons. The molecule has 0 fully saturated rings. The molecule has 8 heteroatoms. The molecule has 0 saturated carbocycles. The summed E-state index contributed by atoms with van der Waals surface area (Å²) in [5.41, 5.74) is 5.21. The molecular formula is C10H14N4O2S2. The maximum absolute atomic E-state index is 11.4. The van der Waals surface area contributed by atoms with Crippen molar-refractivity contribution in [1.82, 2.24) is 15.6 Å². The van der Waals surface area contributed by atoms with Gasteiger partial charge in [0.15, 0.2) is 0 Å². The van der Waals surface area contributed by atoms with Crippen molar-refractivity contribution in [2.75, 3.05) is 13.1 Å². The van der Waals surface area contributed by atoms with E-state index >= 15 is 0 Å². The van der Waals surface area contributed by atoms with Crippen LogP contribution in [0.15, 0.2) is 11.6 Å². The molecule has 0 aliphatic heterocycles. The van der Waals surface area contributed by atoms with E-state index < -0.39 is 11.8 Å². The van der Waals surface area contributed by atoms with Crippen molar-refractivity contribution in [2.45, 2.75) is 12.8 Å². The van der Waals surface area contributed by atoms with Gasteiger partial charge in [0.2, 0.25) is 0 Å². The average Bonchev–Trinajstić information content (AvgIpc) is 2.86. The molecule has 6 nitrogen and oxygen atoms in total. The Balaban J connectivity index is 2.32. The Labute approximate surface area is 114 Å². The Morgan fingerprint density at radius 3 is 2.72 bits per heavy atom. The van der Waals surface area contributed by atoms with E-state index in [1.807, 2.05) is 12.3 Å². The van der Waals surface area contributed by atoms with Crippen LogP contribution in [0.2, 0.25) is 0 Å². The topological polar surface area (TPSA) is 97.1 Å². The molecule has 98 valence electrons. The number of nitrogens with two attached hydrogens (primary N) is 1. The number of thiazole rings is 1. The van der Waals surface area contributed by atoms with Crippen LogP contribution in [0.5, 0.6) is 0 Å². The second kappa shape index (κ2) is 7.02. The van der Waals surface area contributed by atoms with Gasteiger partial charge in [-0.05, 0) is 0 Å². The highest BCUT2D eigenvalue weighted by Crippen LogP contribution is 2.16. The van der Waals surface area contributed by atoms with Crippen LogP contribution in [0.1, 0.15) is 17.8 Å². The van der Waals surface area contributed by atoms with E-state index in [2.05, 4.69) is 27.8 Å². The van der Waals surface area contributed by atoms with E-state index in [1.54, 1.807) is 6.20 Å². The van der Waals surface area contributed by atoms with Gasteiger partial charge in [0.1, 0.15) is 0 Å². The summed E-state index contributed by atoms with van der Waals surface area (Å²) in [5, 5.41) is 7.62. The number of hydrogen-bond acceptors (Lipinski definition) is 5. The maximum Gasteiger partial charge on any atom is 0.309 e. The first-order valence-electron chi connectivity index (χ1n) is 5.24. The van der Waals surface area contributed by atoms with Crippen LogP contribution in [0.4, 0.5) is 0 Å². The lowest BCUT2D eigenvalue weighted by molar-refractivity contribution is -0.139. The van der Waals surface area contributed by atoms with Crippen LogP contribution < -0.4 is 16.4 Å². The molecule has 1 aromatic rings. The normalized spacial score (nSPS) is 11.6. The van der Waals surface area contributed by atoms with Crippen molar-refractivity contribution in [3.8, 4) is 0 Å². The Bertz CT molecular complexity index is 433. The molecule has 0 spiro atoms. The Hall–Kier alpha value is -1.54. The molecule has 1 unspecified atom stereocenters. The van der Waals surface area contributed by atoms with E-state index in [1.165, 1.54) is 11.3 Å². The lowest BCUT2D eigenvalue weighted by Crippen LogP contribution is -2.43. The average molecular weight is 286 g/mol. The molecule has 0 aliphatic carbocycles. The predicted octanol–water partition coefficient (Wildman–Crippen LogP) is -0.235. The number of amides is 2. The van der Waals surface area contributed by atoms with Gasteiger partial charge in [-0.25, -0.2) is 4.98 Å². The van der Waals surface area contributed by atoms with Crippen molar-refractivity contribution in [3.63, 3.8) is 0 Å². The summed E-state index contributed by atoms with van der Waals surface area (Å²) in [5.74, 6) is -1.37. The molecule has 0 aliphatic rings. The molecule has 1 heterocycles. The van der Waals surface area contributed by atoms with Gasteiger partial charge in [0.05, 0.1) is 16.5 Å². The Kier molecular flexibility index (Phi) is 5.66. The highest BCUT2D eigenvalue weighted by Gasteiger charge is 2.15. The fraction of sp³-hybridized carbons (Fsp3) is 0.400. The van der Waals surface area contributed by atoms with Crippen molar-refractivity contribution in [3.05, 3.63) is 16.6 Å². The van der Waals surface area contributed by atoms with Crippen molar-refractivity contribution in [1.29, 1.82) is 0 Å². The monoisotopic (exact) mass is 286 g/mol. The Morgan fingerprint density at radius 2 is 2.17 bits per heavy atom.